The highest BCUT2D eigenvalue weighted by Gasteiger charge is 2.09. The minimum Gasteiger partial charge on any atom is -0.367 e. The normalized spacial score (nSPS) is 10.4. The molecule has 0 aliphatic carbocycles. The van der Waals surface area contributed by atoms with E-state index in [1.807, 2.05) is 48.5 Å². The largest absolute Gasteiger partial charge is 0.367 e. The summed E-state index contributed by atoms with van der Waals surface area (Å²) in [6.07, 6.45) is 1.70. The van der Waals surface area contributed by atoms with Gasteiger partial charge in [0.25, 0.3) is 0 Å². The van der Waals surface area contributed by atoms with Gasteiger partial charge in [-0.15, -0.1) is 5.10 Å². The Bertz CT molecular complexity index is 912. The summed E-state index contributed by atoms with van der Waals surface area (Å²) in [5.41, 5.74) is 2.73. The Morgan fingerprint density at radius 2 is 2.08 bits per heavy atom. The molecular formula is C18H18N6O. The van der Waals surface area contributed by atoms with Gasteiger partial charge < -0.3 is 10.2 Å². The highest BCUT2D eigenvalue weighted by Crippen LogP contribution is 2.20. The van der Waals surface area contributed by atoms with Gasteiger partial charge in [-0.25, -0.2) is 9.50 Å². The summed E-state index contributed by atoms with van der Waals surface area (Å²) < 4.78 is 1.79. The molecule has 3 aromatic rings. The zero-order valence-corrected chi connectivity index (χ0v) is 13.9. The van der Waals surface area contributed by atoms with Crippen LogP contribution in [0.1, 0.15) is 6.42 Å². The lowest BCUT2D eigenvalue weighted by atomic mass is 10.2. The number of nitrogens with zero attached hydrogens (tertiary/aromatic N) is 5. The van der Waals surface area contributed by atoms with Gasteiger partial charge in [0.2, 0.25) is 5.91 Å². The van der Waals surface area contributed by atoms with Crippen molar-refractivity contribution in [3.8, 4) is 17.3 Å². The van der Waals surface area contributed by atoms with Crippen molar-refractivity contribution in [3.63, 3.8) is 0 Å². The first-order chi connectivity index (χ1) is 12.2. The number of carbonyl (C=O) groups excluding carboxylic acids is 1. The van der Waals surface area contributed by atoms with Gasteiger partial charge in [-0.3, -0.25) is 4.79 Å². The third kappa shape index (κ3) is 3.75. The topological polar surface area (TPSA) is 86.3 Å². The van der Waals surface area contributed by atoms with E-state index < -0.39 is 0 Å². The van der Waals surface area contributed by atoms with Crippen LogP contribution in [0.15, 0.2) is 48.7 Å². The first-order valence-corrected chi connectivity index (χ1v) is 7.94. The average molecular weight is 334 g/mol. The number of imidazole rings is 1. The predicted octanol–water partition coefficient (Wildman–Crippen LogP) is 2.18. The standard InChI is InChI=1S/C18H18N6O/c1-23(18(25)9-10-19)12-11-20-16-7-8-17-21-13-15(24(17)22-16)14-5-3-2-4-6-14/h2-8,13H,9,11-12H2,1H3,(H,20,22). The fraction of sp³-hybridized carbons (Fsp3) is 0.222. The first-order valence-electron chi connectivity index (χ1n) is 7.94. The number of hydrogen-bond donors (Lipinski definition) is 1. The van der Waals surface area contributed by atoms with E-state index in [0.29, 0.717) is 18.9 Å². The molecule has 25 heavy (non-hydrogen) atoms. The number of anilines is 1. The number of nitriles is 1. The van der Waals surface area contributed by atoms with Crippen LogP contribution in [0.25, 0.3) is 16.9 Å². The van der Waals surface area contributed by atoms with Crippen LogP contribution in [-0.2, 0) is 4.79 Å². The van der Waals surface area contributed by atoms with Crippen molar-refractivity contribution in [2.24, 2.45) is 0 Å². The van der Waals surface area contributed by atoms with Crippen LogP contribution in [0.2, 0.25) is 0 Å². The average Bonchev–Trinajstić information content (AvgIpc) is 3.06. The number of nitrogens with one attached hydrogen (secondary N) is 1. The minimum atomic E-state index is -0.186. The van der Waals surface area contributed by atoms with E-state index in [0.717, 1.165) is 16.9 Å². The van der Waals surface area contributed by atoms with Crippen molar-refractivity contribution in [1.29, 1.82) is 5.26 Å². The van der Waals surface area contributed by atoms with Gasteiger partial charge in [-0.05, 0) is 12.1 Å². The third-order valence-electron chi connectivity index (χ3n) is 3.84. The van der Waals surface area contributed by atoms with Gasteiger partial charge in [0.1, 0.15) is 12.2 Å². The zero-order chi connectivity index (χ0) is 17.6. The van der Waals surface area contributed by atoms with Crippen LogP contribution >= 0.6 is 0 Å². The third-order valence-corrected chi connectivity index (χ3v) is 3.84. The Hall–Kier alpha value is -3.40. The van der Waals surface area contributed by atoms with Crippen molar-refractivity contribution in [3.05, 3.63) is 48.7 Å². The summed E-state index contributed by atoms with van der Waals surface area (Å²) in [7, 11) is 1.68. The molecule has 126 valence electrons. The number of amides is 1. The maximum absolute atomic E-state index is 11.6. The first kappa shape index (κ1) is 16.5. The molecule has 2 aromatic heterocycles. The monoisotopic (exact) mass is 334 g/mol. The van der Waals surface area contributed by atoms with Crippen molar-refractivity contribution in [1.82, 2.24) is 19.5 Å². The Labute approximate surface area is 145 Å². The molecule has 0 radical (unpaired) electrons. The molecule has 0 aliphatic rings. The van der Waals surface area contributed by atoms with E-state index in [2.05, 4.69) is 15.4 Å². The Balaban J connectivity index is 1.71. The summed E-state index contributed by atoms with van der Waals surface area (Å²) >= 11 is 0. The van der Waals surface area contributed by atoms with Crippen molar-refractivity contribution in [2.75, 3.05) is 25.5 Å². The van der Waals surface area contributed by atoms with Gasteiger partial charge in [0.15, 0.2) is 5.65 Å². The Kier molecular flexibility index (Phi) is 4.90. The van der Waals surface area contributed by atoms with Crippen LogP contribution in [-0.4, -0.2) is 45.5 Å². The van der Waals surface area contributed by atoms with E-state index in [4.69, 9.17) is 5.26 Å². The molecule has 7 heteroatoms. The maximum atomic E-state index is 11.6. The number of hydrogen-bond acceptors (Lipinski definition) is 5. The molecule has 1 N–H and O–H groups in total. The van der Waals surface area contributed by atoms with Crippen LogP contribution in [0.3, 0.4) is 0 Å². The summed E-state index contributed by atoms with van der Waals surface area (Å²) in [5.74, 6) is 0.512. The second-order valence-corrected chi connectivity index (χ2v) is 5.58. The fourth-order valence-corrected chi connectivity index (χ4v) is 2.45. The number of fused-ring (bicyclic) bond motifs is 1. The SMILES string of the molecule is CN(CCNc1ccc2ncc(-c3ccccc3)n2n1)C(=O)CC#N. The summed E-state index contributed by atoms with van der Waals surface area (Å²) in [4.78, 5) is 17.5. The molecule has 0 unspecified atom stereocenters. The molecule has 2 heterocycles. The molecule has 1 amide bonds. The highest BCUT2D eigenvalue weighted by molar-refractivity contribution is 5.77. The molecule has 3 rings (SSSR count). The number of likely N-dealkylation sites (N-methyl/N-ethyl adjacent to an activating group) is 1. The number of aromatic nitrogens is 3. The molecule has 0 fully saturated rings. The number of rotatable bonds is 6. The summed E-state index contributed by atoms with van der Waals surface area (Å²) in [6.45, 7) is 1.04. The molecule has 7 nitrogen and oxygen atoms in total. The lowest BCUT2D eigenvalue weighted by Gasteiger charge is -2.16. The minimum absolute atomic E-state index is 0.101. The molecule has 1 aromatic carbocycles. The lowest BCUT2D eigenvalue weighted by Crippen LogP contribution is -2.31. The Morgan fingerprint density at radius 3 is 2.84 bits per heavy atom. The molecular weight excluding hydrogens is 316 g/mol. The van der Waals surface area contributed by atoms with Crippen LogP contribution in [0.4, 0.5) is 5.82 Å². The second kappa shape index (κ2) is 7.45. The second-order valence-electron chi connectivity index (χ2n) is 5.58. The maximum Gasteiger partial charge on any atom is 0.236 e. The number of carbonyl (C=O) groups is 1. The quantitative estimate of drug-likeness (QED) is 0.747. The Morgan fingerprint density at radius 1 is 1.28 bits per heavy atom. The van der Waals surface area contributed by atoms with Crippen LogP contribution in [0, 0.1) is 11.3 Å². The van der Waals surface area contributed by atoms with E-state index in [-0.39, 0.29) is 12.3 Å². The fourth-order valence-electron chi connectivity index (χ4n) is 2.45. The van der Waals surface area contributed by atoms with E-state index in [9.17, 15) is 4.79 Å². The van der Waals surface area contributed by atoms with Gasteiger partial charge in [-0.2, -0.15) is 5.26 Å². The summed E-state index contributed by atoms with van der Waals surface area (Å²) in [5, 5.41) is 16.3. The van der Waals surface area contributed by atoms with Crippen molar-refractivity contribution < 1.29 is 4.79 Å². The van der Waals surface area contributed by atoms with Gasteiger partial charge in [0, 0.05) is 25.7 Å². The van der Waals surface area contributed by atoms with E-state index in [1.54, 1.807) is 17.8 Å². The smallest absolute Gasteiger partial charge is 0.236 e. The van der Waals surface area contributed by atoms with Gasteiger partial charge in [0.05, 0.1) is 18.0 Å². The number of benzene rings is 1. The molecule has 0 spiro atoms. The summed E-state index contributed by atoms with van der Waals surface area (Å²) in [6, 6.07) is 15.6. The van der Waals surface area contributed by atoms with Crippen LogP contribution < -0.4 is 5.32 Å². The van der Waals surface area contributed by atoms with Crippen LogP contribution in [0.5, 0.6) is 0 Å². The lowest BCUT2D eigenvalue weighted by molar-refractivity contribution is -0.128. The van der Waals surface area contributed by atoms with Crippen molar-refractivity contribution in [2.45, 2.75) is 6.42 Å². The van der Waals surface area contributed by atoms with E-state index >= 15 is 0 Å². The molecule has 0 aliphatic heterocycles. The molecule has 0 saturated heterocycles. The van der Waals surface area contributed by atoms with Gasteiger partial charge >= 0.3 is 0 Å². The zero-order valence-electron chi connectivity index (χ0n) is 13.9. The van der Waals surface area contributed by atoms with Crippen molar-refractivity contribution >= 4 is 17.4 Å². The highest BCUT2D eigenvalue weighted by atomic mass is 16.2. The van der Waals surface area contributed by atoms with Gasteiger partial charge in [-0.1, -0.05) is 30.3 Å². The molecule has 0 saturated carbocycles. The molecule has 0 bridgehead atoms. The van der Waals surface area contributed by atoms with E-state index in [1.165, 1.54) is 4.90 Å². The molecule has 0 atom stereocenters. The predicted molar refractivity (Wildman–Crippen MR) is 94.8 cm³/mol.